The van der Waals surface area contributed by atoms with E-state index in [1.165, 1.54) is 12.1 Å². The maximum Gasteiger partial charge on any atom is 0.272 e. The fourth-order valence-corrected chi connectivity index (χ4v) is 3.79. The summed E-state index contributed by atoms with van der Waals surface area (Å²) >= 11 is 0. The fraction of sp³-hybridized carbons (Fsp3) is 0.579. The minimum atomic E-state index is -0.445. The number of nitrogens with zero attached hydrogens (tertiary/aromatic N) is 4. The number of carbonyl (C=O) groups is 2. The summed E-state index contributed by atoms with van der Waals surface area (Å²) in [4.78, 5) is 41.8. The Morgan fingerprint density at radius 1 is 1.04 bits per heavy atom. The molecule has 27 heavy (non-hydrogen) atoms. The minimum absolute atomic E-state index is 0.0167. The molecule has 2 fully saturated rings. The van der Waals surface area contributed by atoms with Crippen LogP contribution in [0.15, 0.2) is 18.2 Å². The number of carbonyl (C=O) groups excluding carboxylic acids is 2. The first kappa shape index (κ1) is 19.3. The normalized spacial score (nSPS) is 19.2. The van der Waals surface area contributed by atoms with Gasteiger partial charge in [-0.15, -0.1) is 0 Å². The Labute approximate surface area is 158 Å². The molecule has 0 atom stereocenters. The van der Waals surface area contributed by atoms with E-state index in [9.17, 15) is 19.7 Å². The Morgan fingerprint density at radius 3 is 2.22 bits per heavy atom. The van der Waals surface area contributed by atoms with Gasteiger partial charge in [0.05, 0.1) is 4.92 Å². The lowest BCUT2D eigenvalue weighted by atomic mass is 9.94. The van der Waals surface area contributed by atoms with Gasteiger partial charge in [-0.3, -0.25) is 19.7 Å². The fourth-order valence-electron chi connectivity index (χ4n) is 3.79. The molecule has 2 aliphatic heterocycles. The van der Waals surface area contributed by atoms with Crippen molar-refractivity contribution in [1.82, 2.24) is 14.7 Å². The third-order valence-corrected chi connectivity index (χ3v) is 5.59. The quantitative estimate of drug-likeness (QED) is 0.591. The minimum Gasteiger partial charge on any atom is -0.340 e. The molecule has 0 radical (unpaired) electrons. The molecule has 2 heterocycles. The maximum absolute atomic E-state index is 12.7. The van der Waals surface area contributed by atoms with E-state index in [1.807, 2.05) is 4.90 Å². The molecule has 1 aromatic carbocycles. The molecule has 0 spiro atoms. The average Bonchev–Trinajstić information content (AvgIpc) is 2.67. The number of benzene rings is 1. The van der Waals surface area contributed by atoms with Gasteiger partial charge >= 0.3 is 0 Å². The Morgan fingerprint density at radius 2 is 1.67 bits per heavy atom. The van der Waals surface area contributed by atoms with Crippen molar-refractivity contribution in [2.24, 2.45) is 5.92 Å². The number of likely N-dealkylation sites (N-methyl/N-ethyl adjacent to an activating group) is 1. The highest BCUT2D eigenvalue weighted by molar-refractivity contribution is 5.95. The van der Waals surface area contributed by atoms with E-state index in [1.54, 1.807) is 17.9 Å². The second-order valence-corrected chi connectivity index (χ2v) is 7.45. The van der Waals surface area contributed by atoms with Crippen LogP contribution in [-0.4, -0.2) is 77.8 Å². The molecule has 1 aromatic rings. The van der Waals surface area contributed by atoms with Crippen LogP contribution in [0, 0.1) is 23.0 Å². The van der Waals surface area contributed by atoms with Crippen molar-refractivity contribution in [2.45, 2.75) is 19.8 Å². The first-order valence-corrected chi connectivity index (χ1v) is 9.38. The lowest BCUT2D eigenvalue weighted by Gasteiger charge is -2.37. The Hall–Kier alpha value is -2.48. The number of likely N-dealkylation sites (tertiary alicyclic amines) is 1. The Balaban J connectivity index is 1.57. The molecule has 2 saturated heterocycles. The highest BCUT2D eigenvalue weighted by Crippen LogP contribution is 2.24. The van der Waals surface area contributed by atoms with Crippen molar-refractivity contribution >= 4 is 17.5 Å². The smallest absolute Gasteiger partial charge is 0.272 e. The molecule has 2 aliphatic rings. The zero-order valence-corrected chi connectivity index (χ0v) is 15.9. The summed E-state index contributed by atoms with van der Waals surface area (Å²) in [7, 11) is 2.06. The molecule has 0 aliphatic carbocycles. The summed E-state index contributed by atoms with van der Waals surface area (Å²) in [6.45, 7) is 6.08. The lowest BCUT2D eigenvalue weighted by Crippen LogP contribution is -2.51. The van der Waals surface area contributed by atoms with Crippen molar-refractivity contribution in [2.75, 3.05) is 46.3 Å². The molecular weight excluding hydrogens is 348 g/mol. The van der Waals surface area contributed by atoms with E-state index in [4.69, 9.17) is 0 Å². The number of rotatable bonds is 3. The average molecular weight is 374 g/mol. The number of amides is 2. The third kappa shape index (κ3) is 4.27. The van der Waals surface area contributed by atoms with Crippen LogP contribution in [0.4, 0.5) is 5.69 Å². The Bertz CT molecular complexity index is 735. The van der Waals surface area contributed by atoms with Gasteiger partial charge in [-0.1, -0.05) is 0 Å². The first-order valence-electron chi connectivity index (χ1n) is 9.38. The third-order valence-electron chi connectivity index (χ3n) is 5.59. The topological polar surface area (TPSA) is 87.0 Å². The Kier molecular flexibility index (Phi) is 5.74. The number of piperidine rings is 1. The van der Waals surface area contributed by atoms with Gasteiger partial charge < -0.3 is 14.7 Å². The molecule has 0 bridgehead atoms. The first-order chi connectivity index (χ1) is 12.9. The van der Waals surface area contributed by atoms with Crippen LogP contribution in [0.5, 0.6) is 0 Å². The number of piperazine rings is 1. The number of nitro benzene ring substituents is 1. The molecule has 3 rings (SSSR count). The summed E-state index contributed by atoms with van der Waals surface area (Å²) in [5.41, 5.74) is 0.955. The monoisotopic (exact) mass is 374 g/mol. The second kappa shape index (κ2) is 8.04. The van der Waals surface area contributed by atoms with Crippen LogP contribution in [-0.2, 0) is 4.79 Å². The van der Waals surface area contributed by atoms with E-state index < -0.39 is 4.92 Å². The van der Waals surface area contributed by atoms with Crippen LogP contribution in [0.25, 0.3) is 0 Å². The van der Waals surface area contributed by atoms with E-state index in [2.05, 4.69) is 11.9 Å². The van der Waals surface area contributed by atoms with Crippen molar-refractivity contribution < 1.29 is 14.5 Å². The molecule has 2 amide bonds. The van der Waals surface area contributed by atoms with Crippen molar-refractivity contribution in [1.29, 1.82) is 0 Å². The number of nitro groups is 1. The van der Waals surface area contributed by atoms with Gasteiger partial charge in [0.15, 0.2) is 0 Å². The van der Waals surface area contributed by atoms with Crippen LogP contribution in [0.3, 0.4) is 0 Å². The van der Waals surface area contributed by atoms with Crippen LogP contribution >= 0.6 is 0 Å². The number of hydrogen-bond acceptors (Lipinski definition) is 5. The zero-order chi connectivity index (χ0) is 19.6. The van der Waals surface area contributed by atoms with Gasteiger partial charge in [-0.2, -0.15) is 0 Å². The van der Waals surface area contributed by atoms with E-state index in [0.29, 0.717) is 37.1 Å². The summed E-state index contributed by atoms with van der Waals surface area (Å²) in [6, 6.07) is 4.46. The van der Waals surface area contributed by atoms with Gasteiger partial charge in [0.1, 0.15) is 0 Å². The molecule has 0 saturated carbocycles. The van der Waals surface area contributed by atoms with Crippen LogP contribution in [0.2, 0.25) is 0 Å². The molecule has 8 heteroatoms. The second-order valence-electron chi connectivity index (χ2n) is 7.45. The van der Waals surface area contributed by atoms with Crippen LogP contribution in [0.1, 0.15) is 28.8 Å². The van der Waals surface area contributed by atoms with Crippen molar-refractivity contribution in [3.63, 3.8) is 0 Å². The largest absolute Gasteiger partial charge is 0.340 e. The molecule has 0 aromatic heterocycles. The van der Waals surface area contributed by atoms with Gasteiger partial charge in [0.2, 0.25) is 5.91 Å². The summed E-state index contributed by atoms with van der Waals surface area (Å²) in [5.74, 6) is 0.0657. The van der Waals surface area contributed by atoms with Gasteiger partial charge in [-0.25, -0.2) is 0 Å². The molecule has 0 N–H and O–H groups in total. The van der Waals surface area contributed by atoms with Gasteiger partial charge in [0, 0.05) is 62.4 Å². The number of aryl methyl sites for hydroxylation is 1. The van der Waals surface area contributed by atoms with E-state index in [-0.39, 0.29) is 23.4 Å². The van der Waals surface area contributed by atoms with E-state index in [0.717, 1.165) is 26.2 Å². The molecule has 8 nitrogen and oxygen atoms in total. The standard InChI is InChI=1S/C19H26N4O4/c1-14-13-16(3-4-17(14)23(26)27)19(25)21-7-5-15(6-8-21)18(24)22-11-9-20(2)10-12-22/h3-4,13,15H,5-12H2,1-2H3. The molecular formula is C19H26N4O4. The predicted octanol–water partition coefficient (Wildman–Crippen LogP) is 1.53. The highest BCUT2D eigenvalue weighted by Gasteiger charge is 2.31. The summed E-state index contributed by atoms with van der Waals surface area (Å²) in [6.07, 6.45) is 1.34. The predicted molar refractivity (Wildman–Crippen MR) is 101 cm³/mol. The molecule has 146 valence electrons. The number of hydrogen-bond donors (Lipinski definition) is 0. The van der Waals surface area contributed by atoms with Gasteiger partial charge in [-0.05, 0) is 38.9 Å². The lowest BCUT2D eigenvalue weighted by molar-refractivity contribution is -0.385. The van der Waals surface area contributed by atoms with Crippen molar-refractivity contribution in [3.05, 3.63) is 39.4 Å². The SMILES string of the molecule is Cc1cc(C(=O)N2CCC(C(=O)N3CCN(C)CC3)CC2)ccc1[N+](=O)[O-]. The van der Waals surface area contributed by atoms with Crippen LogP contribution < -0.4 is 0 Å². The molecule has 0 unspecified atom stereocenters. The van der Waals surface area contributed by atoms with Crippen molar-refractivity contribution in [3.8, 4) is 0 Å². The highest BCUT2D eigenvalue weighted by atomic mass is 16.6. The summed E-state index contributed by atoms with van der Waals surface area (Å²) in [5, 5.41) is 10.9. The summed E-state index contributed by atoms with van der Waals surface area (Å²) < 4.78 is 0. The van der Waals surface area contributed by atoms with Gasteiger partial charge in [0.25, 0.3) is 11.6 Å². The zero-order valence-electron chi connectivity index (χ0n) is 15.9. The van der Waals surface area contributed by atoms with E-state index >= 15 is 0 Å². The maximum atomic E-state index is 12.7.